The smallest absolute Gasteiger partial charge is 0.279 e. The van der Waals surface area contributed by atoms with Gasteiger partial charge in [0.15, 0.2) is 5.52 Å². The third-order valence-electron chi connectivity index (χ3n) is 6.10. The highest BCUT2D eigenvalue weighted by Crippen LogP contribution is 2.37. The summed E-state index contributed by atoms with van der Waals surface area (Å²) < 4.78 is 24.0. The predicted octanol–water partition coefficient (Wildman–Crippen LogP) is 3.86. The van der Waals surface area contributed by atoms with Gasteiger partial charge < -0.3 is 4.74 Å². The number of nitrogens with zero attached hydrogens (tertiary/aromatic N) is 6. The Kier molecular flexibility index (Phi) is 5.46. The lowest BCUT2D eigenvalue weighted by Gasteiger charge is -2.28. The van der Waals surface area contributed by atoms with Crippen LogP contribution >= 0.6 is 11.6 Å². The fraction of sp³-hybridized carbons (Fsp3) is 0.348. The molecule has 1 aromatic carbocycles. The largest absolute Gasteiger partial charge is 0.373 e. The molecule has 1 saturated heterocycles. The first-order valence-corrected chi connectivity index (χ1v) is 11.0. The fourth-order valence-corrected chi connectivity index (χ4v) is 4.35. The minimum Gasteiger partial charge on any atom is -0.373 e. The average Bonchev–Trinajstić information content (AvgIpc) is 3.24. The summed E-state index contributed by atoms with van der Waals surface area (Å²) in [5.41, 5.74) is 1.63. The first kappa shape index (κ1) is 21.7. The lowest BCUT2D eigenvalue weighted by Crippen LogP contribution is -2.25. The first-order valence-electron chi connectivity index (χ1n) is 10.6. The van der Waals surface area contributed by atoms with E-state index in [1.165, 1.54) is 10.6 Å². The van der Waals surface area contributed by atoms with Crippen LogP contribution in [0.15, 0.2) is 35.4 Å². The van der Waals surface area contributed by atoms with Gasteiger partial charge in [0.05, 0.1) is 12.3 Å². The zero-order valence-electron chi connectivity index (χ0n) is 18.4. The second kappa shape index (κ2) is 8.31. The van der Waals surface area contributed by atoms with Crippen molar-refractivity contribution in [3.8, 4) is 11.3 Å². The van der Waals surface area contributed by atoms with E-state index in [1.54, 1.807) is 37.0 Å². The van der Waals surface area contributed by atoms with Crippen LogP contribution in [0.1, 0.15) is 42.1 Å². The van der Waals surface area contributed by atoms with Gasteiger partial charge >= 0.3 is 0 Å². The Morgan fingerprint density at radius 1 is 1.18 bits per heavy atom. The van der Waals surface area contributed by atoms with E-state index in [0.29, 0.717) is 31.1 Å². The fourth-order valence-electron chi connectivity index (χ4n) is 4.19. The van der Waals surface area contributed by atoms with E-state index in [4.69, 9.17) is 21.3 Å². The van der Waals surface area contributed by atoms with Crippen LogP contribution in [-0.4, -0.2) is 35.9 Å². The van der Waals surface area contributed by atoms with Crippen molar-refractivity contribution in [3.05, 3.63) is 69.0 Å². The summed E-state index contributed by atoms with van der Waals surface area (Å²) in [5.74, 6) is 0.358. The van der Waals surface area contributed by atoms with E-state index in [1.807, 2.05) is 13.2 Å². The minimum atomic E-state index is -0.534. The number of hydrogen-bond acceptors (Lipinski definition) is 6. The number of ether oxygens (including phenoxy) is 1. The summed E-state index contributed by atoms with van der Waals surface area (Å²) in [4.78, 5) is 27.0. The van der Waals surface area contributed by atoms with Gasteiger partial charge in [-0.3, -0.25) is 14.0 Å². The Bertz CT molecular complexity index is 1430. The number of rotatable bonds is 3. The molecule has 0 radical (unpaired) electrons. The van der Waals surface area contributed by atoms with Crippen molar-refractivity contribution < 1.29 is 9.13 Å². The number of benzene rings is 1. The highest BCUT2D eigenvalue weighted by molar-refractivity contribution is 6.30. The van der Waals surface area contributed by atoms with Crippen molar-refractivity contribution in [1.82, 2.24) is 29.3 Å². The molecule has 2 atom stereocenters. The Balaban J connectivity index is 1.67. The van der Waals surface area contributed by atoms with Gasteiger partial charge in [0.25, 0.3) is 5.56 Å². The molecule has 8 nitrogen and oxygen atoms in total. The van der Waals surface area contributed by atoms with E-state index >= 15 is 0 Å². The van der Waals surface area contributed by atoms with Gasteiger partial charge in [-0.2, -0.15) is 5.10 Å². The van der Waals surface area contributed by atoms with Gasteiger partial charge in [-0.05, 0) is 38.0 Å². The highest BCUT2D eigenvalue weighted by atomic mass is 35.5. The highest BCUT2D eigenvalue weighted by Gasteiger charge is 2.29. The second-order valence-corrected chi connectivity index (χ2v) is 8.74. The molecule has 10 heteroatoms. The van der Waals surface area contributed by atoms with Crippen LogP contribution in [0.3, 0.4) is 0 Å². The van der Waals surface area contributed by atoms with Gasteiger partial charge in [-0.15, -0.1) is 0 Å². The lowest BCUT2D eigenvalue weighted by molar-refractivity contribution is 0.00398. The first-order chi connectivity index (χ1) is 15.8. The summed E-state index contributed by atoms with van der Waals surface area (Å²) in [6, 6.07) is 4.37. The molecule has 33 heavy (non-hydrogen) atoms. The molecule has 4 aromatic rings. The Morgan fingerprint density at radius 3 is 2.73 bits per heavy atom. The maximum Gasteiger partial charge on any atom is 0.279 e. The monoisotopic (exact) mass is 468 g/mol. The maximum atomic E-state index is 14.9. The summed E-state index contributed by atoms with van der Waals surface area (Å²) in [6.07, 6.45) is 4.85. The summed E-state index contributed by atoms with van der Waals surface area (Å²) >= 11 is 5.96. The average molecular weight is 469 g/mol. The molecule has 0 saturated carbocycles. The standard InChI is InChI=1S/C23H22ClFN6O2/c1-12-27-20-19(16-5-4-15(24)9-17(16)25)28-22(29-21(20)23(32)31(12)3)13-6-7-33-18(8-13)14-10-26-30(2)11-14/h4-5,9-11,13,18H,6-8H2,1-3H3/t13-,18-/m1/s1. The quantitative estimate of drug-likeness (QED) is 0.453. The molecule has 1 fully saturated rings. The molecular weight excluding hydrogens is 447 g/mol. The molecule has 5 rings (SSSR count). The van der Waals surface area contributed by atoms with Crippen LogP contribution in [0.25, 0.3) is 22.3 Å². The zero-order chi connectivity index (χ0) is 23.3. The van der Waals surface area contributed by atoms with Crippen molar-refractivity contribution in [2.45, 2.75) is 31.8 Å². The van der Waals surface area contributed by atoms with Gasteiger partial charge in [0.2, 0.25) is 0 Å². The van der Waals surface area contributed by atoms with Gasteiger partial charge in [-0.25, -0.2) is 19.3 Å². The van der Waals surface area contributed by atoms with E-state index in [2.05, 4.69) is 15.1 Å². The van der Waals surface area contributed by atoms with E-state index in [9.17, 15) is 9.18 Å². The molecule has 170 valence electrons. The van der Waals surface area contributed by atoms with Crippen molar-refractivity contribution in [2.75, 3.05) is 6.61 Å². The number of fused-ring (bicyclic) bond motifs is 1. The summed E-state index contributed by atoms with van der Waals surface area (Å²) in [6.45, 7) is 2.23. The third kappa shape index (κ3) is 3.91. The molecule has 0 spiro atoms. The van der Waals surface area contributed by atoms with E-state index in [-0.39, 0.29) is 44.9 Å². The predicted molar refractivity (Wildman–Crippen MR) is 122 cm³/mol. The molecule has 0 bridgehead atoms. The summed E-state index contributed by atoms with van der Waals surface area (Å²) in [7, 11) is 3.50. The third-order valence-corrected chi connectivity index (χ3v) is 6.33. The maximum absolute atomic E-state index is 14.9. The number of hydrogen-bond donors (Lipinski definition) is 0. The summed E-state index contributed by atoms with van der Waals surface area (Å²) in [5, 5.41) is 4.51. The minimum absolute atomic E-state index is 0.0755. The van der Waals surface area contributed by atoms with Crippen LogP contribution in [0, 0.1) is 12.7 Å². The molecule has 0 N–H and O–H groups in total. The van der Waals surface area contributed by atoms with Crippen LogP contribution in [-0.2, 0) is 18.8 Å². The Hall–Kier alpha value is -3.17. The molecule has 4 heterocycles. The second-order valence-electron chi connectivity index (χ2n) is 8.30. The zero-order valence-corrected chi connectivity index (χ0v) is 19.2. The van der Waals surface area contributed by atoms with Gasteiger partial charge in [-0.1, -0.05) is 11.6 Å². The van der Waals surface area contributed by atoms with Gasteiger partial charge in [0.1, 0.15) is 28.7 Å². The van der Waals surface area contributed by atoms with Crippen LogP contribution < -0.4 is 5.56 Å². The molecular formula is C23H22ClFN6O2. The Labute approximate surface area is 194 Å². The van der Waals surface area contributed by atoms with Gasteiger partial charge in [0, 0.05) is 49.0 Å². The van der Waals surface area contributed by atoms with Crippen LogP contribution in [0.4, 0.5) is 4.39 Å². The normalized spacial score (nSPS) is 18.7. The van der Waals surface area contributed by atoms with Crippen molar-refractivity contribution >= 4 is 22.6 Å². The van der Waals surface area contributed by atoms with Crippen molar-refractivity contribution in [3.63, 3.8) is 0 Å². The molecule has 0 amide bonds. The topological polar surface area (TPSA) is 87.7 Å². The van der Waals surface area contributed by atoms with E-state index < -0.39 is 5.82 Å². The number of aryl methyl sites for hydroxylation is 2. The number of halogens is 2. The molecule has 3 aromatic heterocycles. The van der Waals surface area contributed by atoms with Crippen molar-refractivity contribution in [1.29, 1.82) is 0 Å². The molecule has 1 aliphatic heterocycles. The van der Waals surface area contributed by atoms with Crippen LogP contribution in [0.2, 0.25) is 5.02 Å². The molecule has 0 aliphatic carbocycles. The Morgan fingerprint density at radius 2 is 2.00 bits per heavy atom. The molecule has 0 unspecified atom stereocenters. The SMILES string of the molecule is Cc1nc2c(-c3ccc(Cl)cc3F)nc([C@@H]3CCO[C@@H](c4cnn(C)c4)C3)nc2c(=O)n1C. The van der Waals surface area contributed by atoms with E-state index in [0.717, 1.165) is 5.56 Å². The lowest BCUT2D eigenvalue weighted by atomic mass is 9.92. The van der Waals surface area contributed by atoms with Crippen LogP contribution in [0.5, 0.6) is 0 Å². The van der Waals surface area contributed by atoms with Crippen molar-refractivity contribution in [2.24, 2.45) is 14.1 Å². The number of aromatic nitrogens is 6. The molecule has 1 aliphatic rings.